The Kier molecular flexibility index (Phi) is 5.36. The summed E-state index contributed by atoms with van der Waals surface area (Å²) in [7, 11) is 0. The summed E-state index contributed by atoms with van der Waals surface area (Å²) in [4.78, 5) is 25.5. The Morgan fingerprint density at radius 1 is 1.09 bits per heavy atom. The van der Waals surface area contributed by atoms with Gasteiger partial charge in [0.1, 0.15) is 0 Å². The lowest BCUT2D eigenvalue weighted by Gasteiger charge is -2.54. The van der Waals surface area contributed by atoms with Crippen molar-refractivity contribution in [1.29, 1.82) is 0 Å². The molecule has 35 heavy (non-hydrogen) atoms. The minimum atomic E-state index is -0.156. The second kappa shape index (κ2) is 8.45. The number of hydrogen-bond donors (Lipinski definition) is 3. The Balaban J connectivity index is 1.10. The van der Waals surface area contributed by atoms with Gasteiger partial charge in [-0.15, -0.1) is 0 Å². The van der Waals surface area contributed by atoms with Gasteiger partial charge in [-0.25, -0.2) is 4.98 Å². The molecule has 3 aromatic heterocycles. The van der Waals surface area contributed by atoms with Crippen LogP contribution in [0.15, 0.2) is 30.5 Å². The molecule has 3 aromatic rings. The van der Waals surface area contributed by atoms with Crippen LogP contribution in [0, 0.1) is 12.3 Å². The summed E-state index contributed by atoms with van der Waals surface area (Å²) in [5.74, 6) is 1.01. The van der Waals surface area contributed by atoms with E-state index in [1.807, 2.05) is 31.2 Å². The average Bonchev–Trinajstić information content (AvgIpc) is 2.88. The van der Waals surface area contributed by atoms with E-state index in [9.17, 15) is 4.79 Å². The Bertz CT molecular complexity index is 1280. The maximum Gasteiger partial charge on any atom is 0.263 e. The minimum Gasteiger partial charge on any atom is -0.480 e. The number of nitrogens with one attached hydrogen (secondary N) is 2. The number of anilines is 2. The normalized spacial score (nSPS) is 25.2. The number of nitrogen functional groups attached to an aromatic ring is 1. The number of aromatic nitrogens is 3. The molecule has 4 aliphatic rings. The first-order valence-corrected chi connectivity index (χ1v) is 12.6. The van der Waals surface area contributed by atoms with Gasteiger partial charge in [0.15, 0.2) is 18.2 Å². The molecule has 2 bridgehead atoms. The Labute approximate surface area is 205 Å². The van der Waals surface area contributed by atoms with Crippen LogP contribution in [0.1, 0.15) is 61.9 Å². The zero-order valence-electron chi connectivity index (χ0n) is 20.2. The SMILES string of the molecule is Cc1ccc2ncc(N)c(CCC34CCC(NCc5ccc6c(n5)NC(=O)CO6)(CC3)CC4)c2n1. The molecule has 182 valence electrons. The molecule has 8 heteroatoms. The number of nitrogens with two attached hydrogens (primary N) is 1. The fourth-order valence-corrected chi connectivity index (χ4v) is 6.17. The van der Waals surface area contributed by atoms with Crippen LogP contribution >= 0.6 is 0 Å². The highest BCUT2D eigenvalue weighted by Gasteiger charge is 2.48. The van der Waals surface area contributed by atoms with Gasteiger partial charge in [-0.2, -0.15) is 0 Å². The van der Waals surface area contributed by atoms with Crippen LogP contribution in [0.4, 0.5) is 11.5 Å². The molecule has 1 aliphatic heterocycles. The number of aryl methyl sites for hydroxylation is 2. The van der Waals surface area contributed by atoms with Crippen molar-refractivity contribution in [1.82, 2.24) is 20.3 Å². The summed E-state index contributed by atoms with van der Waals surface area (Å²) in [6, 6.07) is 7.92. The van der Waals surface area contributed by atoms with Crippen molar-refractivity contribution < 1.29 is 9.53 Å². The van der Waals surface area contributed by atoms with Gasteiger partial charge in [0.05, 0.1) is 28.6 Å². The monoisotopic (exact) mass is 472 g/mol. The van der Waals surface area contributed by atoms with Crippen LogP contribution in [0.3, 0.4) is 0 Å². The van der Waals surface area contributed by atoms with Gasteiger partial charge in [-0.3, -0.25) is 14.8 Å². The first kappa shape index (κ1) is 22.2. The summed E-state index contributed by atoms with van der Waals surface area (Å²) < 4.78 is 5.43. The van der Waals surface area contributed by atoms with Crippen molar-refractivity contribution in [2.75, 3.05) is 17.7 Å². The molecule has 0 aromatic carbocycles. The first-order chi connectivity index (χ1) is 16.9. The van der Waals surface area contributed by atoms with Crippen LogP contribution in [0.2, 0.25) is 0 Å². The lowest BCUT2D eigenvalue weighted by molar-refractivity contribution is -0.118. The van der Waals surface area contributed by atoms with Gasteiger partial charge >= 0.3 is 0 Å². The number of nitrogens with zero attached hydrogens (tertiary/aromatic N) is 3. The smallest absolute Gasteiger partial charge is 0.263 e. The molecular formula is C27H32N6O2. The molecular weight excluding hydrogens is 440 g/mol. The van der Waals surface area contributed by atoms with Crippen molar-refractivity contribution >= 4 is 28.4 Å². The van der Waals surface area contributed by atoms with E-state index in [2.05, 4.69) is 20.6 Å². The lowest BCUT2D eigenvalue weighted by Crippen LogP contribution is -2.54. The fourth-order valence-electron chi connectivity index (χ4n) is 6.17. The van der Waals surface area contributed by atoms with E-state index in [0.29, 0.717) is 23.5 Å². The first-order valence-electron chi connectivity index (χ1n) is 12.6. The van der Waals surface area contributed by atoms with Crippen LogP contribution in [-0.2, 0) is 17.8 Å². The van der Waals surface area contributed by atoms with Gasteiger partial charge < -0.3 is 21.1 Å². The molecule has 3 aliphatic carbocycles. The zero-order chi connectivity index (χ0) is 24.0. The summed E-state index contributed by atoms with van der Waals surface area (Å²) in [6.07, 6.45) is 11.1. The van der Waals surface area contributed by atoms with Crippen LogP contribution in [0.5, 0.6) is 5.75 Å². The van der Waals surface area contributed by atoms with Crippen LogP contribution in [0.25, 0.3) is 11.0 Å². The highest BCUT2D eigenvalue weighted by atomic mass is 16.5. The Morgan fingerprint density at radius 3 is 2.69 bits per heavy atom. The molecule has 3 fully saturated rings. The van der Waals surface area contributed by atoms with Gasteiger partial charge in [0.2, 0.25) is 0 Å². The minimum absolute atomic E-state index is 0.0528. The highest BCUT2D eigenvalue weighted by Crippen LogP contribution is 2.54. The fraction of sp³-hybridized carbons (Fsp3) is 0.481. The molecule has 8 nitrogen and oxygen atoms in total. The molecule has 3 saturated carbocycles. The summed E-state index contributed by atoms with van der Waals surface area (Å²) in [5, 5.41) is 6.63. The number of ether oxygens (including phenoxy) is 1. The molecule has 4 heterocycles. The van der Waals surface area contributed by atoms with Crippen molar-refractivity contribution in [2.45, 2.75) is 70.4 Å². The quantitative estimate of drug-likeness (QED) is 0.495. The topological polar surface area (TPSA) is 115 Å². The van der Waals surface area contributed by atoms with Crippen molar-refractivity contribution in [3.63, 3.8) is 0 Å². The molecule has 0 saturated heterocycles. The third-order valence-corrected chi connectivity index (χ3v) is 8.47. The standard InChI is InChI=1S/C27H32N6O2/c1-17-2-4-21-24(31-17)19(20(28)15-29-21)6-7-26-8-11-27(12-9-26,13-10-26)30-14-18-3-5-22-25(32-18)33-23(34)16-35-22/h2-5,15,30H,6-14,16,28H2,1H3,(H,32,33,34). The third-order valence-electron chi connectivity index (χ3n) is 8.47. The second-order valence-corrected chi connectivity index (χ2v) is 10.6. The molecule has 1 amide bonds. The second-order valence-electron chi connectivity index (χ2n) is 10.6. The van der Waals surface area contributed by atoms with E-state index < -0.39 is 0 Å². The molecule has 4 N–H and O–H groups in total. The summed E-state index contributed by atoms with van der Waals surface area (Å²) in [5.41, 5.74) is 12.7. The number of carbonyl (C=O) groups excluding carboxylic acids is 1. The highest BCUT2D eigenvalue weighted by molar-refractivity contribution is 5.94. The average molecular weight is 473 g/mol. The van der Waals surface area contributed by atoms with Gasteiger partial charge in [0.25, 0.3) is 5.91 Å². The third kappa shape index (κ3) is 4.20. The van der Waals surface area contributed by atoms with Crippen molar-refractivity contribution in [2.24, 2.45) is 5.41 Å². The maximum atomic E-state index is 11.6. The number of pyridine rings is 3. The molecule has 0 radical (unpaired) electrons. The predicted molar refractivity (Wildman–Crippen MR) is 135 cm³/mol. The van der Waals surface area contributed by atoms with E-state index in [-0.39, 0.29) is 18.1 Å². The molecule has 7 rings (SSSR count). The van der Waals surface area contributed by atoms with Gasteiger partial charge in [0, 0.05) is 23.3 Å². The number of fused-ring (bicyclic) bond motifs is 5. The van der Waals surface area contributed by atoms with Gasteiger partial charge in [-0.1, -0.05) is 0 Å². The van der Waals surface area contributed by atoms with E-state index in [1.54, 1.807) is 6.20 Å². The summed E-state index contributed by atoms with van der Waals surface area (Å²) >= 11 is 0. The van der Waals surface area contributed by atoms with E-state index >= 15 is 0 Å². The molecule has 0 unspecified atom stereocenters. The number of amides is 1. The largest absolute Gasteiger partial charge is 0.480 e. The van der Waals surface area contributed by atoms with Crippen molar-refractivity contribution in [3.05, 3.63) is 47.4 Å². The van der Waals surface area contributed by atoms with Crippen molar-refractivity contribution in [3.8, 4) is 5.75 Å². The van der Waals surface area contributed by atoms with Crippen LogP contribution < -0.4 is 21.1 Å². The van der Waals surface area contributed by atoms with E-state index in [0.717, 1.165) is 46.5 Å². The Morgan fingerprint density at radius 2 is 1.89 bits per heavy atom. The summed E-state index contributed by atoms with van der Waals surface area (Å²) in [6.45, 7) is 2.77. The van der Waals surface area contributed by atoms with Gasteiger partial charge in [-0.05, 0) is 88.0 Å². The predicted octanol–water partition coefficient (Wildman–Crippen LogP) is 4.06. The van der Waals surface area contributed by atoms with E-state index in [4.69, 9.17) is 15.5 Å². The number of carbonyl (C=O) groups is 1. The van der Waals surface area contributed by atoms with Crippen LogP contribution in [-0.4, -0.2) is 33.0 Å². The number of rotatable bonds is 6. The lowest BCUT2D eigenvalue weighted by atomic mass is 9.55. The Hall–Kier alpha value is -3.26. The molecule has 0 atom stereocenters. The van der Waals surface area contributed by atoms with E-state index in [1.165, 1.54) is 38.5 Å². The molecule has 0 spiro atoms. The maximum absolute atomic E-state index is 11.6. The zero-order valence-corrected chi connectivity index (χ0v) is 20.2. The number of hydrogen-bond acceptors (Lipinski definition) is 7.